The summed E-state index contributed by atoms with van der Waals surface area (Å²) in [5.74, 6) is 0.329. The van der Waals surface area contributed by atoms with E-state index in [1.165, 1.54) is 12.0 Å². The summed E-state index contributed by atoms with van der Waals surface area (Å²) in [6.45, 7) is 5.16. The molecule has 0 aliphatic heterocycles. The van der Waals surface area contributed by atoms with E-state index in [0.29, 0.717) is 23.6 Å². The van der Waals surface area contributed by atoms with Crippen LogP contribution in [-0.4, -0.2) is 64.2 Å². The third-order valence-electron chi connectivity index (χ3n) is 5.35. The van der Waals surface area contributed by atoms with Gasteiger partial charge in [-0.3, -0.25) is 13.9 Å². The zero-order chi connectivity index (χ0) is 26.2. The number of benzene rings is 2. The van der Waals surface area contributed by atoms with Gasteiger partial charge in [-0.2, -0.15) is 0 Å². The first-order valence-corrected chi connectivity index (χ1v) is 13.2. The Labute approximate surface area is 208 Å². The standard InChI is InChI=1S/C25H35N3O6S/c1-7-23(25(30)26-18(2)3)27(16-19-11-13-21(33-4)14-12-19)24(29)17-28(35(6,31)32)20-9-8-10-22(15-20)34-5/h8-15,18,23H,7,16-17H2,1-6H3,(H,26,30)/t23-/m0/s1. The molecule has 2 aromatic carbocycles. The van der Waals surface area contributed by atoms with E-state index in [-0.39, 0.29) is 18.5 Å². The minimum absolute atomic E-state index is 0.112. The second kappa shape index (κ2) is 12.4. The first-order chi connectivity index (χ1) is 16.5. The lowest BCUT2D eigenvalue weighted by molar-refractivity contribution is -0.140. The lowest BCUT2D eigenvalue weighted by Crippen LogP contribution is -2.53. The van der Waals surface area contributed by atoms with Crippen LogP contribution in [0.5, 0.6) is 11.5 Å². The van der Waals surface area contributed by atoms with Crippen molar-refractivity contribution in [2.45, 2.75) is 45.8 Å². The number of amides is 2. The van der Waals surface area contributed by atoms with Crippen LogP contribution >= 0.6 is 0 Å². The zero-order valence-corrected chi connectivity index (χ0v) is 22.0. The largest absolute Gasteiger partial charge is 0.497 e. The molecule has 35 heavy (non-hydrogen) atoms. The summed E-state index contributed by atoms with van der Waals surface area (Å²) < 4.78 is 36.8. The van der Waals surface area contributed by atoms with E-state index in [9.17, 15) is 18.0 Å². The third-order valence-corrected chi connectivity index (χ3v) is 6.49. The second-order valence-electron chi connectivity index (χ2n) is 8.43. The normalized spacial score (nSPS) is 12.1. The van der Waals surface area contributed by atoms with Gasteiger partial charge in [0.1, 0.15) is 24.1 Å². The highest BCUT2D eigenvalue weighted by Crippen LogP contribution is 2.24. The molecule has 1 N–H and O–H groups in total. The summed E-state index contributed by atoms with van der Waals surface area (Å²) in [5, 5.41) is 2.86. The van der Waals surface area contributed by atoms with Crippen molar-refractivity contribution in [1.82, 2.24) is 10.2 Å². The summed E-state index contributed by atoms with van der Waals surface area (Å²) in [7, 11) is -0.773. The van der Waals surface area contributed by atoms with Gasteiger partial charge in [-0.15, -0.1) is 0 Å². The molecule has 192 valence electrons. The molecule has 0 bridgehead atoms. The molecule has 0 unspecified atom stereocenters. The number of hydrogen-bond acceptors (Lipinski definition) is 6. The number of nitrogens with one attached hydrogen (secondary N) is 1. The van der Waals surface area contributed by atoms with E-state index < -0.39 is 28.5 Å². The van der Waals surface area contributed by atoms with E-state index in [1.54, 1.807) is 43.5 Å². The molecule has 10 heteroatoms. The van der Waals surface area contributed by atoms with Gasteiger partial charge in [0.15, 0.2) is 0 Å². The van der Waals surface area contributed by atoms with Crippen LogP contribution < -0.4 is 19.1 Å². The predicted octanol–water partition coefficient (Wildman–Crippen LogP) is 2.80. The fraction of sp³-hybridized carbons (Fsp3) is 0.440. The maximum absolute atomic E-state index is 13.6. The molecule has 0 saturated heterocycles. The van der Waals surface area contributed by atoms with E-state index in [0.717, 1.165) is 16.1 Å². The Balaban J connectivity index is 2.44. The Bertz CT molecular complexity index is 1100. The van der Waals surface area contributed by atoms with Gasteiger partial charge >= 0.3 is 0 Å². The van der Waals surface area contributed by atoms with Crippen LogP contribution in [0.2, 0.25) is 0 Å². The molecule has 0 aromatic heterocycles. The molecule has 0 heterocycles. The first kappa shape index (κ1) is 28.0. The molecule has 0 spiro atoms. The van der Waals surface area contributed by atoms with Gasteiger partial charge in [0.2, 0.25) is 21.8 Å². The minimum Gasteiger partial charge on any atom is -0.497 e. The molecule has 0 aliphatic carbocycles. The van der Waals surface area contributed by atoms with Gasteiger partial charge in [0, 0.05) is 18.7 Å². The monoisotopic (exact) mass is 505 g/mol. The van der Waals surface area contributed by atoms with Crippen molar-refractivity contribution in [2.24, 2.45) is 0 Å². The van der Waals surface area contributed by atoms with E-state index in [1.807, 2.05) is 32.9 Å². The van der Waals surface area contributed by atoms with Crippen LogP contribution in [0.1, 0.15) is 32.8 Å². The smallest absolute Gasteiger partial charge is 0.244 e. The molecule has 0 fully saturated rings. The summed E-state index contributed by atoms with van der Waals surface area (Å²) in [4.78, 5) is 28.0. The minimum atomic E-state index is -3.81. The molecular formula is C25H35N3O6S. The topological polar surface area (TPSA) is 105 Å². The van der Waals surface area contributed by atoms with Gasteiger partial charge in [0.25, 0.3) is 0 Å². The van der Waals surface area contributed by atoms with Crippen molar-refractivity contribution in [3.63, 3.8) is 0 Å². The van der Waals surface area contributed by atoms with Gasteiger partial charge < -0.3 is 19.7 Å². The molecular weight excluding hydrogens is 470 g/mol. The Morgan fingerprint density at radius 2 is 1.63 bits per heavy atom. The zero-order valence-electron chi connectivity index (χ0n) is 21.1. The Kier molecular flexibility index (Phi) is 9.94. The first-order valence-electron chi connectivity index (χ1n) is 11.3. The lowest BCUT2D eigenvalue weighted by Gasteiger charge is -2.33. The van der Waals surface area contributed by atoms with Crippen molar-refractivity contribution in [3.05, 3.63) is 54.1 Å². The number of nitrogens with zero attached hydrogens (tertiary/aromatic N) is 2. The number of methoxy groups -OCH3 is 2. The molecule has 2 amide bonds. The number of rotatable bonds is 12. The van der Waals surface area contributed by atoms with Gasteiger partial charge in [0.05, 0.1) is 26.2 Å². The average molecular weight is 506 g/mol. The van der Waals surface area contributed by atoms with Crippen molar-refractivity contribution < 1.29 is 27.5 Å². The number of carbonyl (C=O) groups excluding carboxylic acids is 2. The van der Waals surface area contributed by atoms with Crippen LogP contribution in [0.4, 0.5) is 5.69 Å². The number of ether oxygens (including phenoxy) is 2. The molecule has 2 aromatic rings. The molecule has 1 atom stereocenters. The fourth-order valence-electron chi connectivity index (χ4n) is 3.61. The second-order valence-corrected chi connectivity index (χ2v) is 10.3. The number of anilines is 1. The maximum Gasteiger partial charge on any atom is 0.244 e. The SMILES string of the molecule is CC[C@@H](C(=O)NC(C)C)N(Cc1ccc(OC)cc1)C(=O)CN(c1cccc(OC)c1)S(C)(=O)=O. The van der Waals surface area contributed by atoms with Crippen molar-refractivity contribution in [1.29, 1.82) is 0 Å². The average Bonchev–Trinajstić information content (AvgIpc) is 2.81. The predicted molar refractivity (Wildman–Crippen MR) is 136 cm³/mol. The highest BCUT2D eigenvalue weighted by atomic mass is 32.2. The summed E-state index contributed by atoms with van der Waals surface area (Å²) in [5.41, 5.74) is 1.08. The van der Waals surface area contributed by atoms with Crippen molar-refractivity contribution in [2.75, 3.05) is 31.3 Å². The Hall–Kier alpha value is -3.27. The molecule has 0 radical (unpaired) electrons. The quantitative estimate of drug-likeness (QED) is 0.476. The van der Waals surface area contributed by atoms with Crippen LogP contribution in [0.15, 0.2) is 48.5 Å². The van der Waals surface area contributed by atoms with E-state index in [2.05, 4.69) is 5.32 Å². The molecule has 2 rings (SSSR count). The lowest BCUT2D eigenvalue weighted by atomic mass is 10.1. The van der Waals surface area contributed by atoms with Crippen LogP contribution in [0, 0.1) is 0 Å². The molecule has 0 aliphatic rings. The Morgan fingerprint density at radius 1 is 1.00 bits per heavy atom. The van der Waals surface area contributed by atoms with Gasteiger partial charge in [-0.25, -0.2) is 8.42 Å². The van der Waals surface area contributed by atoms with Crippen molar-refractivity contribution in [3.8, 4) is 11.5 Å². The van der Waals surface area contributed by atoms with E-state index >= 15 is 0 Å². The number of sulfonamides is 1. The molecule has 9 nitrogen and oxygen atoms in total. The van der Waals surface area contributed by atoms with Gasteiger partial charge in [-0.1, -0.05) is 25.1 Å². The summed E-state index contributed by atoms with van der Waals surface area (Å²) >= 11 is 0. The maximum atomic E-state index is 13.6. The van der Waals surface area contributed by atoms with Crippen LogP contribution in [0.3, 0.4) is 0 Å². The van der Waals surface area contributed by atoms with Crippen LogP contribution in [-0.2, 0) is 26.2 Å². The fourth-order valence-corrected chi connectivity index (χ4v) is 4.45. The third kappa shape index (κ3) is 7.88. The summed E-state index contributed by atoms with van der Waals surface area (Å²) in [6.07, 6.45) is 1.40. The number of hydrogen-bond donors (Lipinski definition) is 1. The highest BCUT2D eigenvalue weighted by molar-refractivity contribution is 7.92. The summed E-state index contributed by atoms with van der Waals surface area (Å²) in [6, 6.07) is 12.7. The number of carbonyl (C=O) groups is 2. The highest BCUT2D eigenvalue weighted by Gasteiger charge is 2.32. The Morgan fingerprint density at radius 3 is 2.14 bits per heavy atom. The molecule has 0 saturated carbocycles. The van der Waals surface area contributed by atoms with Crippen LogP contribution in [0.25, 0.3) is 0 Å². The van der Waals surface area contributed by atoms with Gasteiger partial charge in [-0.05, 0) is 50.1 Å². The van der Waals surface area contributed by atoms with Crippen molar-refractivity contribution >= 4 is 27.5 Å². The van der Waals surface area contributed by atoms with E-state index in [4.69, 9.17) is 9.47 Å².